The minimum Gasteiger partial charge on any atom is -0.372 e. The summed E-state index contributed by atoms with van der Waals surface area (Å²) in [5.74, 6) is 0.846. The molecule has 1 fully saturated rings. The summed E-state index contributed by atoms with van der Waals surface area (Å²) < 4.78 is 5.73. The minimum absolute atomic E-state index is 0.0660. The van der Waals surface area contributed by atoms with Crippen LogP contribution in [0.3, 0.4) is 0 Å². The van der Waals surface area contributed by atoms with Crippen molar-refractivity contribution in [2.45, 2.75) is 58.4 Å². The average molecular weight is 437 g/mol. The lowest BCUT2D eigenvalue weighted by Gasteiger charge is -2.35. The van der Waals surface area contributed by atoms with Gasteiger partial charge in [-0.25, -0.2) is 0 Å². The highest BCUT2D eigenvalue weighted by Crippen LogP contribution is 2.15. The van der Waals surface area contributed by atoms with E-state index in [1.165, 1.54) is 5.56 Å². The number of guanidine groups is 1. The zero-order valence-electron chi connectivity index (χ0n) is 19.7. The molecule has 0 bridgehead atoms. The molecule has 0 spiro atoms. The van der Waals surface area contributed by atoms with Crippen molar-refractivity contribution in [3.05, 3.63) is 71.3 Å². The molecule has 2 N–H and O–H groups in total. The third-order valence-corrected chi connectivity index (χ3v) is 5.68. The Morgan fingerprint density at radius 1 is 1.06 bits per heavy atom. The second-order valence-corrected chi connectivity index (χ2v) is 8.66. The summed E-state index contributed by atoms with van der Waals surface area (Å²) in [6.07, 6.45) is 2.20. The third kappa shape index (κ3) is 7.09. The Hall–Kier alpha value is -2.86. The van der Waals surface area contributed by atoms with E-state index in [2.05, 4.69) is 46.8 Å². The molecule has 3 unspecified atom stereocenters. The molecule has 6 heteroatoms. The molecule has 1 saturated heterocycles. The summed E-state index contributed by atoms with van der Waals surface area (Å²) in [7, 11) is 1.78. The Morgan fingerprint density at radius 2 is 1.72 bits per heavy atom. The van der Waals surface area contributed by atoms with E-state index in [1.807, 2.05) is 49.1 Å². The molecule has 2 aromatic rings. The minimum atomic E-state index is 0.0660. The van der Waals surface area contributed by atoms with Crippen LogP contribution >= 0.6 is 0 Å². The van der Waals surface area contributed by atoms with Gasteiger partial charge in [0.25, 0.3) is 5.91 Å². The Balaban J connectivity index is 1.46. The summed E-state index contributed by atoms with van der Waals surface area (Å²) in [5, 5.41) is 6.82. The van der Waals surface area contributed by atoms with Gasteiger partial charge in [0.15, 0.2) is 5.96 Å². The smallest absolute Gasteiger partial charge is 0.254 e. The maximum atomic E-state index is 12.8. The molecular weight excluding hydrogens is 400 g/mol. The van der Waals surface area contributed by atoms with Gasteiger partial charge < -0.3 is 20.3 Å². The maximum absolute atomic E-state index is 12.8. The molecule has 3 atom stereocenters. The van der Waals surface area contributed by atoms with E-state index in [1.54, 1.807) is 7.05 Å². The number of amides is 1. The van der Waals surface area contributed by atoms with Crippen molar-refractivity contribution in [2.24, 2.45) is 4.99 Å². The quantitative estimate of drug-likeness (QED) is 0.514. The number of hydrogen-bond acceptors (Lipinski definition) is 3. The highest BCUT2D eigenvalue weighted by atomic mass is 16.5. The first-order chi connectivity index (χ1) is 15.4. The molecular formula is C26H36N4O2. The second kappa shape index (κ2) is 11.7. The van der Waals surface area contributed by atoms with Crippen LogP contribution in [0.25, 0.3) is 0 Å². The van der Waals surface area contributed by atoms with E-state index in [4.69, 9.17) is 4.74 Å². The van der Waals surface area contributed by atoms with Crippen molar-refractivity contribution in [3.63, 3.8) is 0 Å². The number of morpholine rings is 1. The first kappa shape index (κ1) is 23.8. The van der Waals surface area contributed by atoms with Crippen LogP contribution in [0.5, 0.6) is 0 Å². The first-order valence-electron chi connectivity index (χ1n) is 11.5. The Bertz CT molecular complexity index is 872. The number of benzene rings is 2. The molecule has 2 aromatic carbocycles. The molecule has 1 amide bonds. The van der Waals surface area contributed by atoms with Gasteiger partial charge >= 0.3 is 0 Å². The molecule has 32 heavy (non-hydrogen) atoms. The monoisotopic (exact) mass is 436 g/mol. The van der Waals surface area contributed by atoms with Gasteiger partial charge in [0, 0.05) is 38.3 Å². The summed E-state index contributed by atoms with van der Waals surface area (Å²) in [6, 6.07) is 18.6. The highest BCUT2D eigenvalue weighted by Gasteiger charge is 2.26. The fourth-order valence-corrected chi connectivity index (χ4v) is 4.01. The normalized spacial score (nSPS) is 20.0. The SMILES string of the molecule is CN=C(NCc1ccc(C(=O)N2CC(C)OC(C)C2)cc1)NC(C)CCc1ccccc1. The topological polar surface area (TPSA) is 66.0 Å². The van der Waals surface area contributed by atoms with Gasteiger partial charge in [0.1, 0.15) is 0 Å². The molecule has 0 aliphatic carbocycles. The van der Waals surface area contributed by atoms with E-state index in [0.717, 1.165) is 24.4 Å². The van der Waals surface area contributed by atoms with Crippen LogP contribution in [-0.4, -0.2) is 55.2 Å². The molecule has 1 aliphatic rings. The number of nitrogens with zero attached hydrogens (tertiary/aromatic N) is 2. The number of hydrogen-bond donors (Lipinski definition) is 2. The lowest BCUT2D eigenvalue weighted by atomic mass is 10.1. The van der Waals surface area contributed by atoms with E-state index in [-0.39, 0.29) is 18.1 Å². The summed E-state index contributed by atoms with van der Waals surface area (Å²) in [4.78, 5) is 19.1. The fraction of sp³-hybridized carbons (Fsp3) is 0.462. The van der Waals surface area contributed by atoms with Gasteiger partial charge in [-0.2, -0.15) is 0 Å². The van der Waals surface area contributed by atoms with Gasteiger partial charge in [-0.1, -0.05) is 42.5 Å². The molecule has 3 rings (SSSR count). The maximum Gasteiger partial charge on any atom is 0.254 e. The Morgan fingerprint density at radius 3 is 2.34 bits per heavy atom. The molecule has 1 heterocycles. The number of ether oxygens (including phenoxy) is 1. The summed E-state index contributed by atoms with van der Waals surface area (Å²) in [5.41, 5.74) is 3.16. The molecule has 1 aliphatic heterocycles. The predicted octanol–water partition coefficient (Wildman–Crippen LogP) is 3.62. The molecule has 0 aromatic heterocycles. The highest BCUT2D eigenvalue weighted by molar-refractivity contribution is 5.94. The average Bonchev–Trinajstić information content (AvgIpc) is 2.80. The largest absolute Gasteiger partial charge is 0.372 e. The van der Waals surface area contributed by atoms with E-state index in [0.29, 0.717) is 31.2 Å². The van der Waals surface area contributed by atoms with E-state index < -0.39 is 0 Å². The Kier molecular flexibility index (Phi) is 8.68. The Labute approximate surface area is 192 Å². The lowest BCUT2D eigenvalue weighted by molar-refractivity contribution is -0.0586. The van der Waals surface area contributed by atoms with Gasteiger partial charge in [-0.05, 0) is 56.9 Å². The molecule has 0 radical (unpaired) electrons. The van der Waals surface area contributed by atoms with Crippen LogP contribution in [0.2, 0.25) is 0 Å². The summed E-state index contributed by atoms with van der Waals surface area (Å²) in [6.45, 7) is 8.10. The van der Waals surface area contributed by atoms with Gasteiger partial charge in [0.05, 0.1) is 12.2 Å². The van der Waals surface area contributed by atoms with Gasteiger partial charge in [0.2, 0.25) is 0 Å². The van der Waals surface area contributed by atoms with Crippen LogP contribution in [-0.2, 0) is 17.7 Å². The van der Waals surface area contributed by atoms with Crippen molar-refractivity contribution in [3.8, 4) is 0 Å². The van der Waals surface area contributed by atoms with E-state index in [9.17, 15) is 4.79 Å². The number of carbonyl (C=O) groups is 1. The number of carbonyl (C=O) groups excluding carboxylic acids is 1. The van der Waals surface area contributed by atoms with E-state index >= 15 is 0 Å². The van der Waals surface area contributed by atoms with Gasteiger partial charge in [-0.15, -0.1) is 0 Å². The first-order valence-corrected chi connectivity index (χ1v) is 11.5. The van der Waals surface area contributed by atoms with Crippen molar-refractivity contribution in [1.29, 1.82) is 0 Å². The lowest BCUT2D eigenvalue weighted by Crippen LogP contribution is -2.48. The van der Waals surface area contributed by atoms with Crippen molar-refractivity contribution < 1.29 is 9.53 Å². The van der Waals surface area contributed by atoms with Crippen LogP contribution in [0, 0.1) is 0 Å². The number of aryl methyl sites for hydroxylation is 1. The predicted molar refractivity (Wildman–Crippen MR) is 130 cm³/mol. The standard InChI is InChI=1S/C26H36N4O2/c1-19(10-11-22-8-6-5-7-9-22)29-26(27-4)28-16-23-12-14-24(15-13-23)25(31)30-17-20(2)32-21(3)18-30/h5-9,12-15,19-21H,10-11,16-18H2,1-4H3,(H2,27,28,29). The summed E-state index contributed by atoms with van der Waals surface area (Å²) >= 11 is 0. The molecule has 172 valence electrons. The fourth-order valence-electron chi connectivity index (χ4n) is 4.01. The van der Waals surface area contributed by atoms with Crippen molar-refractivity contribution in [2.75, 3.05) is 20.1 Å². The number of nitrogens with one attached hydrogen (secondary N) is 2. The molecule has 6 nitrogen and oxygen atoms in total. The zero-order chi connectivity index (χ0) is 22.9. The van der Waals surface area contributed by atoms with Crippen LogP contribution in [0.1, 0.15) is 48.7 Å². The molecule has 0 saturated carbocycles. The zero-order valence-corrected chi connectivity index (χ0v) is 19.7. The van der Waals surface area contributed by atoms with Crippen molar-refractivity contribution >= 4 is 11.9 Å². The number of aliphatic imine (C=N–C) groups is 1. The van der Waals surface area contributed by atoms with Crippen molar-refractivity contribution in [1.82, 2.24) is 15.5 Å². The van der Waals surface area contributed by atoms with Gasteiger partial charge in [-0.3, -0.25) is 9.79 Å². The van der Waals surface area contributed by atoms with Crippen LogP contribution in [0.4, 0.5) is 0 Å². The second-order valence-electron chi connectivity index (χ2n) is 8.66. The van der Waals surface area contributed by atoms with Crippen LogP contribution < -0.4 is 10.6 Å². The number of rotatable bonds is 7. The van der Waals surface area contributed by atoms with Crippen LogP contribution in [0.15, 0.2) is 59.6 Å². The third-order valence-electron chi connectivity index (χ3n) is 5.68.